The summed E-state index contributed by atoms with van der Waals surface area (Å²) in [4.78, 5) is 10.7. The molecule has 0 bridgehead atoms. The van der Waals surface area contributed by atoms with Crippen molar-refractivity contribution in [2.75, 3.05) is 6.54 Å². The third-order valence-electron chi connectivity index (χ3n) is 2.53. The van der Waals surface area contributed by atoms with Gasteiger partial charge in [0, 0.05) is 31.6 Å². The molecule has 2 aromatic rings. The number of carboxylic acids is 1. The number of aromatic nitrogens is 2. The van der Waals surface area contributed by atoms with Crippen molar-refractivity contribution in [1.29, 1.82) is 0 Å². The summed E-state index contributed by atoms with van der Waals surface area (Å²) in [6.45, 7) is 0.208. The Balaban J connectivity index is 1.98. The lowest BCUT2D eigenvalue weighted by Gasteiger charge is -2.03. The summed E-state index contributed by atoms with van der Waals surface area (Å²) in [5, 5.41) is 14.2. The number of aryl methyl sites for hydroxylation is 1. The summed E-state index contributed by atoms with van der Waals surface area (Å²) in [6.07, 6.45) is 2.25. The van der Waals surface area contributed by atoms with Crippen LogP contribution in [0, 0.1) is 0 Å². The highest BCUT2D eigenvalue weighted by Gasteiger charge is 2.18. The summed E-state index contributed by atoms with van der Waals surface area (Å²) in [5.74, 6) is -1.14. The zero-order valence-corrected chi connectivity index (χ0v) is 12.2. The van der Waals surface area contributed by atoms with Crippen molar-refractivity contribution in [2.24, 2.45) is 7.05 Å². The molecule has 0 aliphatic heterocycles. The van der Waals surface area contributed by atoms with Crippen molar-refractivity contribution in [3.8, 4) is 0 Å². The molecule has 0 aliphatic carbocycles. The van der Waals surface area contributed by atoms with E-state index >= 15 is 0 Å². The zero-order chi connectivity index (χ0) is 14.8. The molecule has 9 heteroatoms. The van der Waals surface area contributed by atoms with Crippen molar-refractivity contribution < 1.29 is 18.3 Å². The van der Waals surface area contributed by atoms with Gasteiger partial charge < -0.3 is 5.11 Å². The highest BCUT2D eigenvalue weighted by atomic mass is 32.2. The Kier molecular flexibility index (Phi) is 4.21. The summed E-state index contributed by atoms with van der Waals surface area (Å²) in [5.41, 5.74) is 0.757. The molecule has 0 aliphatic rings. The quantitative estimate of drug-likeness (QED) is 0.817. The van der Waals surface area contributed by atoms with Crippen LogP contribution in [-0.4, -0.2) is 35.8 Å². The number of nitrogens with zero attached hydrogens (tertiary/aromatic N) is 2. The Bertz CT molecular complexity index is 718. The molecule has 0 fully saturated rings. The lowest BCUT2D eigenvalue weighted by molar-refractivity contribution is 0.0697. The first-order valence-corrected chi connectivity index (χ1v) is 8.05. The smallest absolute Gasteiger partial charge is 0.336 e. The van der Waals surface area contributed by atoms with Gasteiger partial charge in [-0.25, -0.2) is 17.9 Å². The van der Waals surface area contributed by atoms with Gasteiger partial charge in [-0.05, 0) is 12.1 Å². The Labute approximate surface area is 119 Å². The number of sulfonamides is 1. The molecule has 0 saturated carbocycles. The van der Waals surface area contributed by atoms with Gasteiger partial charge in [-0.2, -0.15) is 5.10 Å². The summed E-state index contributed by atoms with van der Waals surface area (Å²) < 4.78 is 28.0. The molecule has 0 radical (unpaired) electrons. The maximum absolute atomic E-state index is 11.9. The SMILES string of the molecule is Cn1ccc(CCNS(=O)(=O)c2cc(C(=O)O)cs2)n1. The van der Waals surface area contributed by atoms with Crippen LogP contribution in [0.4, 0.5) is 0 Å². The van der Waals surface area contributed by atoms with Gasteiger partial charge in [-0.3, -0.25) is 4.68 Å². The molecule has 2 rings (SSSR count). The van der Waals surface area contributed by atoms with Crippen LogP contribution in [0.2, 0.25) is 0 Å². The standard InChI is InChI=1S/C11H13N3O4S2/c1-14-5-3-9(13-14)2-4-12-20(17,18)10-6-8(7-19-10)11(15)16/h3,5-7,12H,2,4H2,1H3,(H,15,16). The third-order valence-corrected chi connectivity index (χ3v) is 5.43. The zero-order valence-electron chi connectivity index (χ0n) is 10.6. The Morgan fingerprint density at radius 1 is 1.55 bits per heavy atom. The second-order valence-electron chi connectivity index (χ2n) is 4.09. The fourth-order valence-corrected chi connectivity index (χ4v) is 3.78. The lowest BCUT2D eigenvalue weighted by Crippen LogP contribution is -2.25. The molecule has 0 spiro atoms. The van der Waals surface area contributed by atoms with Crippen LogP contribution in [-0.2, 0) is 23.5 Å². The maximum Gasteiger partial charge on any atom is 0.336 e. The molecule has 0 atom stereocenters. The molecular weight excluding hydrogens is 302 g/mol. The predicted molar refractivity (Wildman–Crippen MR) is 73.4 cm³/mol. The van der Waals surface area contributed by atoms with Gasteiger partial charge in [-0.1, -0.05) is 0 Å². The number of hydrogen-bond acceptors (Lipinski definition) is 5. The minimum absolute atomic E-state index is 0.00378. The number of carbonyl (C=O) groups is 1. The molecule has 2 aromatic heterocycles. The van der Waals surface area contributed by atoms with Crippen LogP contribution < -0.4 is 4.72 Å². The van der Waals surface area contributed by atoms with E-state index in [1.165, 1.54) is 5.38 Å². The van der Waals surface area contributed by atoms with E-state index in [1.807, 2.05) is 6.07 Å². The van der Waals surface area contributed by atoms with E-state index in [0.29, 0.717) is 6.42 Å². The van der Waals surface area contributed by atoms with Crippen LogP contribution in [0.5, 0.6) is 0 Å². The van der Waals surface area contributed by atoms with Gasteiger partial charge in [0.05, 0.1) is 11.3 Å². The van der Waals surface area contributed by atoms with Gasteiger partial charge in [-0.15, -0.1) is 11.3 Å². The average molecular weight is 315 g/mol. The van der Waals surface area contributed by atoms with E-state index in [9.17, 15) is 13.2 Å². The van der Waals surface area contributed by atoms with Crippen LogP contribution in [0.1, 0.15) is 16.1 Å². The molecule has 2 heterocycles. The van der Waals surface area contributed by atoms with Crippen LogP contribution in [0.25, 0.3) is 0 Å². The van der Waals surface area contributed by atoms with Crippen molar-refractivity contribution in [3.63, 3.8) is 0 Å². The first-order valence-electron chi connectivity index (χ1n) is 5.68. The third kappa shape index (κ3) is 3.44. The van der Waals surface area contributed by atoms with E-state index in [1.54, 1.807) is 17.9 Å². The Hall–Kier alpha value is -1.71. The molecule has 0 saturated heterocycles. The van der Waals surface area contributed by atoms with Crippen molar-refractivity contribution >= 4 is 27.3 Å². The topological polar surface area (TPSA) is 101 Å². The van der Waals surface area contributed by atoms with Crippen LogP contribution >= 0.6 is 11.3 Å². The summed E-state index contributed by atoms with van der Waals surface area (Å²) in [6, 6.07) is 2.96. The molecule has 20 heavy (non-hydrogen) atoms. The van der Waals surface area contributed by atoms with Gasteiger partial charge >= 0.3 is 5.97 Å². The number of carboxylic acid groups (broad SMARTS) is 1. The second-order valence-corrected chi connectivity index (χ2v) is 6.99. The molecule has 108 valence electrons. The summed E-state index contributed by atoms with van der Waals surface area (Å²) >= 11 is 0.884. The first kappa shape index (κ1) is 14.7. The minimum Gasteiger partial charge on any atom is -0.478 e. The van der Waals surface area contributed by atoms with Gasteiger partial charge in [0.1, 0.15) is 4.21 Å². The summed E-state index contributed by atoms with van der Waals surface area (Å²) in [7, 11) is -1.88. The predicted octanol–water partition coefficient (Wildman–Crippen LogP) is 0.701. The van der Waals surface area contributed by atoms with Crippen LogP contribution in [0.15, 0.2) is 27.9 Å². The van der Waals surface area contributed by atoms with Gasteiger partial charge in [0.15, 0.2) is 0 Å². The highest BCUT2D eigenvalue weighted by Crippen LogP contribution is 2.19. The number of hydrogen-bond donors (Lipinski definition) is 2. The molecular formula is C11H13N3O4S2. The first-order chi connectivity index (χ1) is 9.38. The van der Waals surface area contributed by atoms with Crippen molar-refractivity contribution in [1.82, 2.24) is 14.5 Å². The number of aromatic carboxylic acids is 1. The van der Waals surface area contributed by atoms with E-state index in [2.05, 4.69) is 9.82 Å². The lowest BCUT2D eigenvalue weighted by atomic mass is 10.3. The maximum atomic E-state index is 11.9. The number of rotatable bonds is 6. The molecule has 0 amide bonds. The molecule has 0 unspecified atom stereocenters. The molecule has 0 aromatic carbocycles. The van der Waals surface area contributed by atoms with E-state index in [4.69, 9.17) is 5.11 Å². The fraction of sp³-hybridized carbons (Fsp3) is 0.273. The molecule has 7 nitrogen and oxygen atoms in total. The van der Waals surface area contributed by atoms with Gasteiger partial charge in [0.25, 0.3) is 0 Å². The average Bonchev–Trinajstić information content (AvgIpc) is 2.98. The van der Waals surface area contributed by atoms with E-state index in [0.717, 1.165) is 23.1 Å². The largest absolute Gasteiger partial charge is 0.478 e. The van der Waals surface area contributed by atoms with E-state index in [-0.39, 0.29) is 16.3 Å². The monoisotopic (exact) mass is 315 g/mol. The number of nitrogens with one attached hydrogen (secondary N) is 1. The van der Waals surface area contributed by atoms with Gasteiger partial charge in [0.2, 0.25) is 10.0 Å². The van der Waals surface area contributed by atoms with Crippen LogP contribution in [0.3, 0.4) is 0 Å². The normalized spacial score (nSPS) is 11.7. The fourth-order valence-electron chi connectivity index (χ4n) is 1.55. The molecule has 2 N–H and O–H groups in total. The van der Waals surface area contributed by atoms with Crippen molar-refractivity contribution in [3.05, 3.63) is 35.0 Å². The number of thiophene rings is 1. The van der Waals surface area contributed by atoms with Crippen molar-refractivity contribution in [2.45, 2.75) is 10.6 Å². The Morgan fingerprint density at radius 3 is 2.85 bits per heavy atom. The highest BCUT2D eigenvalue weighted by molar-refractivity contribution is 7.91. The van der Waals surface area contributed by atoms with E-state index < -0.39 is 16.0 Å². The minimum atomic E-state index is -3.67. The second kappa shape index (κ2) is 5.73. The Morgan fingerprint density at radius 2 is 2.30 bits per heavy atom.